The summed E-state index contributed by atoms with van der Waals surface area (Å²) in [5, 5.41) is 11.9. The third-order valence-corrected chi connectivity index (χ3v) is 12.3. The van der Waals surface area contributed by atoms with Crippen molar-refractivity contribution in [1.29, 1.82) is 5.26 Å². The van der Waals surface area contributed by atoms with Crippen molar-refractivity contribution in [2.75, 3.05) is 16.5 Å². The van der Waals surface area contributed by atoms with Crippen molar-refractivity contribution in [3.8, 4) is 34.5 Å². The van der Waals surface area contributed by atoms with Crippen molar-refractivity contribution in [3.63, 3.8) is 0 Å². The average Bonchev–Trinajstić information content (AvgIpc) is 3.79. The largest absolute Gasteiger partial charge is 0.457 e. The zero-order chi connectivity index (χ0) is 43.7. The third kappa shape index (κ3) is 7.47. The predicted octanol–water partition coefficient (Wildman–Crippen LogP) is 15.0. The number of benzene rings is 6. The smallest absolute Gasteiger partial charge is 0.137 e. The van der Waals surface area contributed by atoms with Crippen molar-refractivity contribution in [2.45, 2.75) is 85.5 Å². The van der Waals surface area contributed by atoms with E-state index in [1.54, 1.807) is 0 Å². The van der Waals surface area contributed by atoms with E-state index in [0.29, 0.717) is 12.2 Å². The Labute approximate surface area is 366 Å². The van der Waals surface area contributed by atoms with Crippen molar-refractivity contribution in [1.82, 2.24) is 9.55 Å². The molecule has 0 N–H and O–H groups in total. The normalized spacial score (nSPS) is 13.2. The van der Waals surface area contributed by atoms with Crippen molar-refractivity contribution >= 4 is 44.6 Å². The van der Waals surface area contributed by atoms with Gasteiger partial charge in [0.25, 0.3) is 0 Å². The third-order valence-electron chi connectivity index (χ3n) is 12.3. The summed E-state index contributed by atoms with van der Waals surface area (Å²) in [4.78, 5) is 9.76. The van der Waals surface area contributed by atoms with Gasteiger partial charge in [0.2, 0.25) is 0 Å². The summed E-state index contributed by atoms with van der Waals surface area (Å²) < 4.78 is 9.04. The molecule has 0 amide bonds. The Kier molecular flexibility index (Phi) is 9.78. The minimum Gasteiger partial charge on any atom is -0.457 e. The standard InChI is InChI=1S/C56H55N5O/c1-36-18-19-37(34-57)26-47(36)38-20-23-49-48(27-38)46-22-21-45(33-52(46)61(49)53-31-39(24-25-58-53)54(2,3)4)62-44-15-13-14-42(32-44)59-35-60(51-17-12-11-16-50(51)59)43-29-40(55(5,6)7)28-41(30-43)56(8,9)10/h11-33H,35H2,1-10H3. The monoisotopic (exact) mass is 813 g/mol. The molecule has 6 nitrogen and oxygen atoms in total. The summed E-state index contributed by atoms with van der Waals surface area (Å²) in [6, 6.07) is 49.7. The van der Waals surface area contributed by atoms with E-state index in [4.69, 9.17) is 9.72 Å². The molecular formula is C56H55N5O. The van der Waals surface area contributed by atoms with Gasteiger partial charge in [0.05, 0.1) is 34.0 Å². The minimum atomic E-state index is -0.0507. The summed E-state index contributed by atoms with van der Waals surface area (Å²) in [5.74, 6) is 2.35. The first kappa shape index (κ1) is 40.6. The molecule has 9 rings (SSSR count). The Balaban J connectivity index is 1.11. The highest BCUT2D eigenvalue weighted by molar-refractivity contribution is 6.11. The molecule has 1 aliphatic rings. The number of pyridine rings is 1. The van der Waals surface area contributed by atoms with E-state index in [0.717, 1.165) is 67.2 Å². The lowest BCUT2D eigenvalue weighted by Crippen LogP contribution is -2.25. The summed E-state index contributed by atoms with van der Waals surface area (Å²) >= 11 is 0. The van der Waals surface area contributed by atoms with E-state index < -0.39 is 0 Å². The summed E-state index contributed by atoms with van der Waals surface area (Å²) in [5.41, 5.74) is 14.4. The quantitative estimate of drug-likeness (QED) is 0.167. The number of nitriles is 1. The van der Waals surface area contributed by atoms with Crippen molar-refractivity contribution in [3.05, 3.63) is 167 Å². The lowest BCUT2D eigenvalue weighted by molar-refractivity contribution is 0.483. The highest BCUT2D eigenvalue weighted by atomic mass is 16.5. The molecule has 6 aromatic carbocycles. The maximum atomic E-state index is 9.70. The number of anilines is 4. The van der Waals surface area contributed by atoms with E-state index in [9.17, 15) is 5.26 Å². The molecule has 1 aliphatic heterocycles. The van der Waals surface area contributed by atoms with Crippen LogP contribution in [0.25, 0.3) is 38.8 Å². The number of hydrogen-bond acceptors (Lipinski definition) is 5. The second-order valence-corrected chi connectivity index (χ2v) is 19.9. The first-order chi connectivity index (χ1) is 29.5. The molecule has 62 heavy (non-hydrogen) atoms. The van der Waals surface area contributed by atoms with E-state index in [1.807, 2.05) is 30.5 Å². The first-order valence-corrected chi connectivity index (χ1v) is 21.6. The van der Waals surface area contributed by atoms with Gasteiger partial charge in [-0.3, -0.25) is 4.57 Å². The number of aryl methyl sites for hydroxylation is 1. The lowest BCUT2D eigenvalue weighted by Gasteiger charge is -2.29. The van der Waals surface area contributed by atoms with Crippen LogP contribution < -0.4 is 14.5 Å². The summed E-state index contributed by atoms with van der Waals surface area (Å²) in [7, 11) is 0. The maximum absolute atomic E-state index is 9.70. The molecule has 0 aliphatic carbocycles. The molecule has 3 heterocycles. The maximum Gasteiger partial charge on any atom is 0.137 e. The Morgan fingerprint density at radius 3 is 1.92 bits per heavy atom. The average molecular weight is 814 g/mol. The molecule has 0 saturated heterocycles. The summed E-state index contributed by atoms with van der Waals surface area (Å²) in [6.07, 6.45) is 1.91. The van der Waals surface area contributed by atoms with Crippen LogP contribution in [-0.2, 0) is 16.2 Å². The van der Waals surface area contributed by atoms with Crippen LogP contribution in [0.15, 0.2) is 140 Å². The molecule has 0 atom stereocenters. The van der Waals surface area contributed by atoms with Crippen LogP contribution in [0.2, 0.25) is 0 Å². The zero-order valence-electron chi connectivity index (χ0n) is 37.6. The van der Waals surface area contributed by atoms with E-state index in [2.05, 4.69) is 199 Å². The SMILES string of the molecule is Cc1ccc(C#N)cc1-c1ccc2c(c1)c1ccc(Oc3cccc(N4CN(c5cc(C(C)(C)C)cc(C(C)(C)C)c5)c5ccccc54)c3)cc1n2-c1cc(C(C)(C)C)ccn1. The lowest BCUT2D eigenvalue weighted by atomic mass is 9.80. The molecule has 6 heteroatoms. The van der Waals surface area contributed by atoms with Gasteiger partial charge in [0.1, 0.15) is 24.0 Å². The van der Waals surface area contributed by atoms with Crippen LogP contribution in [-0.4, -0.2) is 16.2 Å². The molecule has 0 fully saturated rings. The fourth-order valence-electron chi connectivity index (χ4n) is 8.63. The molecule has 0 spiro atoms. The highest BCUT2D eigenvalue weighted by Gasteiger charge is 2.30. The van der Waals surface area contributed by atoms with Gasteiger partial charge in [-0.25, -0.2) is 4.98 Å². The number of rotatable bonds is 6. The van der Waals surface area contributed by atoms with Crippen LogP contribution in [0, 0.1) is 18.3 Å². The minimum absolute atomic E-state index is 0.0122. The molecule has 2 aromatic heterocycles. The molecule has 310 valence electrons. The highest BCUT2D eigenvalue weighted by Crippen LogP contribution is 2.47. The Hall–Kier alpha value is -6.84. The Bertz CT molecular complexity index is 3040. The number of aromatic nitrogens is 2. The number of para-hydroxylation sites is 2. The zero-order valence-corrected chi connectivity index (χ0v) is 37.6. The first-order valence-electron chi connectivity index (χ1n) is 21.6. The van der Waals surface area contributed by atoms with Gasteiger partial charge in [0, 0.05) is 40.5 Å². The topological polar surface area (TPSA) is 57.3 Å². The molecule has 0 radical (unpaired) electrons. The van der Waals surface area contributed by atoms with E-state index in [1.165, 1.54) is 28.1 Å². The van der Waals surface area contributed by atoms with Crippen LogP contribution in [0.1, 0.15) is 90.1 Å². The Morgan fingerprint density at radius 1 is 0.565 bits per heavy atom. The van der Waals surface area contributed by atoms with Gasteiger partial charge in [-0.2, -0.15) is 5.26 Å². The van der Waals surface area contributed by atoms with Crippen LogP contribution in [0.3, 0.4) is 0 Å². The molecule has 0 saturated carbocycles. The second kappa shape index (κ2) is 15.0. The van der Waals surface area contributed by atoms with Crippen LogP contribution >= 0.6 is 0 Å². The van der Waals surface area contributed by atoms with Gasteiger partial charge >= 0.3 is 0 Å². The number of nitrogens with zero attached hydrogens (tertiary/aromatic N) is 5. The van der Waals surface area contributed by atoms with Crippen LogP contribution in [0.4, 0.5) is 22.7 Å². The molecular weight excluding hydrogens is 759 g/mol. The van der Waals surface area contributed by atoms with Crippen LogP contribution in [0.5, 0.6) is 11.5 Å². The van der Waals surface area contributed by atoms with Gasteiger partial charge in [-0.15, -0.1) is 0 Å². The van der Waals surface area contributed by atoms with Gasteiger partial charge in [0.15, 0.2) is 0 Å². The van der Waals surface area contributed by atoms with E-state index >= 15 is 0 Å². The van der Waals surface area contributed by atoms with Gasteiger partial charge in [-0.1, -0.05) is 98.7 Å². The molecule has 0 bridgehead atoms. The van der Waals surface area contributed by atoms with E-state index in [-0.39, 0.29) is 16.2 Å². The molecule has 8 aromatic rings. The number of hydrogen-bond donors (Lipinski definition) is 0. The summed E-state index contributed by atoms with van der Waals surface area (Å²) in [6.45, 7) is 23.2. The van der Waals surface area contributed by atoms with Gasteiger partial charge < -0.3 is 14.5 Å². The van der Waals surface area contributed by atoms with Gasteiger partial charge in [-0.05, 0) is 141 Å². The second-order valence-electron chi connectivity index (χ2n) is 19.9. The Morgan fingerprint density at radius 2 is 1.24 bits per heavy atom. The predicted molar refractivity (Wildman–Crippen MR) is 258 cm³/mol. The fraction of sp³-hybridized carbons (Fsp3) is 0.250. The number of fused-ring (bicyclic) bond motifs is 4. The fourth-order valence-corrected chi connectivity index (χ4v) is 8.63. The number of ether oxygens (including phenoxy) is 1. The van der Waals surface area contributed by atoms with Crippen molar-refractivity contribution < 1.29 is 4.74 Å². The molecule has 0 unspecified atom stereocenters. The van der Waals surface area contributed by atoms with Crippen molar-refractivity contribution in [2.24, 2.45) is 0 Å².